The van der Waals surface area contributed by atoms with E-state index in [1.54, 1.807) is 11.8 Å². The number of anilines is 1. The van der Waals surface area contributed by atoms with Crippen LogP contribution < -0.4 is 15.0 Å². The quantitative estimate of drug-likeness (QED) is 0.641. The van der Waals surface area contributed by atoms with Crippen molar-refractivity contribution in [3.8, 4) is 5.75 Å². The number of nitrogens with one attached hydrogen (secondary N) is 1. The van der Waals surface area contributed by atoms with Gasteiger partial charge in [-0.2, -0.15) is 4.39 Å². The van der Waals surface area contributed by atoms with Gasteiger partial charge < -0.3 is 24.6 Å². The van der Waals surface area contributed by atoms with Gasteiger partial charge >= 0.3 is 0 Å². The van der Waals surface area contributed by atoms with E-state index in [0.29, 0.717) is 31.9 Å². The van der Waals surface area contributed by atoms with Gasteiger partial charge in [-0.05, 0) is 6.42 Å². The molecule has 31 heavy (non-hydrogen) atoms. The Labute approximate surface area is 179 Å². The maximum Gasteiger partial charge on any atom is 0.228 e. The number of carbonyl (C=O) groups is 3. The molecule has 2 aliphatic rings. The Balaban J connectivity index is 1.63. The standard InChI is InChI=1S/C21H27F2N3O5/c1-13(11-21(12-30-2)17(27)10-18(28)24-21)20(29)26-6-4-25(5-7-26)14-8-15(22)19(23)16(9-14)31-3/h8-9,13H,4-7,10-12H2,1-3H3,(H,24,28)/t13-,21-/m0/s1. The highest BCUT2D eigenvalue weighted by atomic mass is 19.2. The predicted octanol–water partition coefficient (Wildman–Crippen LogP) is 1.12. The second-order valence-electron chi connectivity index (χ2n) is 8.02. The van der Waals surface area contributed by atoms with Crippen LogP contribution in [0.1, 0.15) is 19.8 Å². The Morgan fingerprint density at radius 1 is 1.19 bits per heavy atom. The molecule has 0 saturated carbocycles. The first kappa shape index (κ1) is 22.9. The summed E-state index contributed by atoms with van der Waals surface area (Å²) in [6.07, 6.45) is -0.0501. The third kappa shape index (κ3) is 4.63. The van der Waals surface area contributed by atoms with Gasteiger partial charge in [0.25, 0.3) is 0 Å². The Kier molecular flexibility index (Phi) is 6.78. The first-order chi connectivity index (χ1) is 14.7. The van der Waals surface area contributed by atoms with E-state index in [1.165, 1.54) is 20.3 Å². The molecular weight excluding hydrogens is 412 g/mol. The lowest BCUT2D eigenvalue weighted by molar-refractivity contribution is -0.137. The summed E-state index contributed by atoms with van der Waals surface area (Å²) in [7, 11) is 2.71. The van der Waals surface area contributed by atoms with Gasteiger partial charge in [0.2, 0.25) is 17.6 Å². The van der Waals surface area contributed by atoms with E-state index in [0.717, 1.165) is 6.07 Å². The third-order valence-corrected chi connectivity index (χ3v) is 5.86. The van der Waals surface area contributed by atoms with Crippen molar-refractivity contribution in [1.29, 1.82) is 0 Å². The molecule has 0 aliphatic carbocycles. The van der Waals surface area contributed by atoms with Crippen molar-refractivity contribution < 1.29 is 32.6 Å². The van der Waals surface area contributed by atoms with Crippen molar-refractivity contribution >= 4 is 23.3 Å². The summed E-state index contributed by atoms with van der Waals surface area (Å²) < 4.78 is 37.5. The SMILES string of the molecule is COC[C@]1(C[C@H](C)C(=O)N2CCN(c3cc(F)c(F)c(OC)c3)CC2)NC(=O)CC1=O. The average Bonchev–Trinajstić information content (AvgIpc) is 3.02. The minimum Gasteiger partial charge on any atom is -0.493 e. The lowest BCUT2D eigenvalue weighted by Gasteiger charge is -2.38. The van der Waals surface area contributed by atoms with E-state index in [9.17, 15) is 23.2 Å². The second-order valence-corrected chi connectivity index (χ2v) is 8.02. The number of ketones is 1. The highest BCUT2D eigenvalue weighted by Crippen LogP contribution is 2.29. The van der Waals surface area contributed by atoms with Crippen LogP contribution in [0.15, 0.2) is 12.1 Å². The molecule has 8 nitrogen and oxygen atoms in total. The fourth-order valence-corrected chi connectivity index (χ4v) is 4.27. The molecule has 0 aromatic heterocycles. The molecule has 3 rings (SSSR count). The molecule has 1 aromatic carbocycles. The lowest BCUT2D eigenvalue weighted by atomic mass is 9.85. The number of Topliss-reactive ketones (excluding diaryl/α,β-unsaturated/α-hetero) is 1. The van der Waals surface area contributed by atoms with Crippen LogP contribution in [-0.2, 0) is 19.1 Å². The molecular formula is C21H27F2N3O5. The minimum atomic E-state index is -1.18. The Bertz CT molecular complexity index is 873. The lowest BCUT2D eigenvalue weighted by Crippen LogP contribution is -2.54. The van der Waals surface area contributed by atoms with Crippen molar-refractivity contribution in [1.82, 2.24) is 10.2 Å². The van der Waals surface area contributed by atoms with Gasteiger partial charge in [0.15, 0.2) is 17.3 Å². The first-order valence-corrected chi connectivity index (χ1v) is 10.1. The molecule has 0 bridgehead atoms. The zero-order valence-electron chi connectivity index (χ0n) is 17.9. The smallest absolute Gasteiger partial charge is 0.228 e. The van der Waals surface area contributed by atoms with E-state index in [4.69, 9.17) is 9.47 Å². The number of amides is 2. The molecule has 170 valence electrons. The van der Waals surface area contributed by atoms with Gasteiger partial charge in [0.05, 0.1) is 20.1 Å². The first-order valence-electron chi connectivity index (χ1n) is 10.1. The fourth-order valence-electron chi connectivity index (χ4n) is 4.27. The monoisotopic (exact) mass is 439 g/mol. The van der Waals surface area contributed by atoms with Crippen LogP contribution in [0, 0.1) is 17.6 Å². The summed E-state index contributed by atoms with van der Waals surface area (Å²) >= 11 is 0. The molecule has 2 atom stereocenters. The molecule has 1 N–H and O–H groups in total. The number of benzene rings is 1. The van der Waals surface area contributed by atoms with Crippen LogP contribution >= 0.6 is 0 Å². The minimum absolute atomic E-state index is 0.0148. The highest BCUT2D eigenvalue weighted by Gasteiger charge is 2.48. The van der Waals surface area contributed by atoms with E-state index in [1.807, 2.05) is 4.90 Å². The van der Waals surface area contributed by atoms with Crippen LogP contribution in [0.4, 0.5) is 14.5 Å². The summed E-state index contributed by atoms with van der Waals surface area (Å²) in [5, 5.41) is 2.69. The molecule has 1 aromatic rings. The van der Waals surface area contributed by atoms with Crippen LogP contribution in [-0.4, -0.2) is 75.0 Å². The molecule has 2 amide bonds. The predicted molar refractivity (Wildman–Crippen MR) is 108 cm³/mol. The molecule has 0 spiro atoms. The van der Waals surface area contributed by atoms with Gasteiger partial charge in [-0.3, -0.25) is 14.4 Å². The number of ether oxygens (including phenoxy) is 2. The van der Waals surface area contributed by atoms with E-state index >= 15 is 0 Å². The van der Waals surface area contributed by atoms with Gasteiger partial charge in [0.1, 0.15) is 5.54 Å². The van der Waals surface area contributed by atoms with Crippen molar-refractivity contribution in [2.45, 2.75) is 25.3 Å². The normalized spacial score (nSPS) is 22.5. The van der Waals surface area contributed by atoms with Crippen LogP contribution in [0.25, 0.3) is 0 Å². The second kappa shape index (κ2) is 9.17. The summed E-state index contributed by atoms with van der Waals surface area (Å²) in [6, 6.07) is 2.54. The largest absolute Gasteiger partial charge is 0.493 e. The molecule has 2 heterocycles. The van der Waals surface area contributed by atoms with Gasteiger partial charge in [-0.15, -0.1) is 0 Å². The number of hydrogen-bond acceptors (Lipinski definition) is 6. The molecule has 2 fully saturated rings. The highest BCUT2D eigenvalue weighted by molar-refractivity contribution is 6.10. The number of rotatable bonds is 7. The maximum atomic E-state index is 13.8. The fraction of sp³-hybridized carbons (Fsp3) is 0.571. The molecule has 0 unspecified atom stereocenters. The van der Waals surface area contributed by atoms with Crippen molar-refractivity contribution in [2.24, 2.45) is 5.92 Å². The zero-order valence-corrected chi connectivity index (χ0v) is 17.9. The molecule has 2 saturated heterocycles. The maximum absolute atomic E-state index is 13.8. The topological polar surface area (TPSA) is 88.2 Å². The van der Waals surface area contributed by atoms with Crippen LogP contribution in [0.5, 0.6) is 5.75 Å². The Morgan fingerprint density at radius 3 is 2.42 bits per heavy atom. The van der Waals surface area contributed by atoms with Crippen LogP contribution in [0.2, 0.25) is 0 Å². The molecule has 2 aliphatic heterocycles. The molecule has 10 heteroatoms. The van der Waals surface area contributed by atoms with Gasteiger partial charge in [-0.1, -0.05) is 6.92 Å². The van der Waals surface area contributed by atoms with E-state index < -0.39 is 23.1 Å². The number of halogens is 2. The van der Waals surface area contributed by atoms with E-state index in [-0.39, 0.29) is 42.8 Å². The molecule has 0 radical (unpaired) electrons. The van der Waals surface area contributed by atoms with E-state index in [2.05, 4.69) is 5.32 Å². The number of piperazine rings is 1. The Morgan fingerprint density at radius 2 is 1.87 bits per heavy atom. The third-order valence-electron chi connectivity index (χ3n) is 5.86. The number of methoxy groups -OCH3 is 2. The Hall–Kier alpha value is -2.75. The number of hydrogen-bond donors (Lipinski definition) is 1. The van der Waals surface area contributed by atoms with Crippen molar-refractivity contribution in [3.05, 3.63) is 23.8 Å². The summed E-state index contributed by atoms with van der Waals surface area (Å²) in [4.78, 5) is 40.6. The summed E-state index contributed by atoms with van der Waals surface area (Å²) in [5.41, 5.74) is -0.695. The van der Waals surface area contributed by atoms with Crippen molar-refractivity contribution in [3.63, 3.8) is 0 Å². The summed E-state index contributed by atoms with van der Waals surface area (Å²) in [6.45, 7) is 3.40. The average molecular weight is 439 g/mol. The summed E-state index contributed by atoms with van der Waals surface area (Å²) in [5.74, 6) is -3.47. The van der Waals surface area contributed by atoms with Gasteiger partial charge in [-0.25, -0.2) is 4.39 Å². The number of nitrogens with zero attached hydrogens (tertiary/aromatic N) is 2. The van der Waals surface area contributed by atoms with Crippen molar-refractivity contribution in [2.75, 3.05) is 51.9 Å². The van der Waals surface area contributed by atoms with Crippen LogP contribution in [0.3, 0.4) is 0 Å². The van der Waals surface area contributed by atoms with Gasteiger partial charge in [0, 0.05) is 57.0 Å². The zero-order chi connectivity index (χ0) is 22.8. The number of carbonyl (C=O) groups excluding carboxylic acids is 3.